The summed E-state index contributed by atoms with van der Waals surface area (Å²) in [5.74, 6) is 0.481. The minimum atomic E-state index is 0.481. The highest BCUT2D eigenvalue weighted by Gasteiger charge is 1.93. The van der Waals surface area contributed by atoms with Gasteiger partial charge in [-0.3, -0.25) is 0 Å². The molecule has 0 atom stereocenters. The van der Waals surface area contributed by atoms with Gasteiger partial charge in [-0.15, -0.1) is 5.10 Å². The van der Waals surface area contributed by atoms with Crippen LogP contribution in [0.15, 0.2) is 18.6 Å². The first-order chi connectivity index (χ1) is 4.86. The van der Waals surface area contributed by atoms with Crippen LogP contribution in [0.5, 0.6) is 0 Å². The van der Waals surface area contributed by atoms with Crippen LogP contribution in [-0.2, 0) is 0 Å². The Kier molecular flexibility index (Phi) is 0.858. The van der Waals surface area contributed by atoms with Crippen LogP contribution in [0, 0.1) is 0 Å². The second-order valence-corrected chi connectivity index (χ2v) is 1.92. The van der Waals surface area contributed by atoms with Crippen molar-refractivity contribution in [2.24, 2.45) is 0 Å². The highest BCUT2D eigenvalue weighted by atomic mass is 15.4. The third-order valence-electron chi connectivity index (χ3n) is 1.21. The molecular weight excluding hydrogens is 130 g/mol. The van der Waals surface area contributed by atoms with Gasteiger partial charge < -0.3 is 5.73 Å². The van der Waals surface area contributed by atoms with Crippen molar-refractivity contribution in [1.82, 2.24) is 19.8 Å². The zero-order chi connectivity index (χ0) is 6.97. The van der Waals surface area contributed by atoms with Gasteiger partial charge in [0.05, 0.1) is 11.7 Å². The van der Waals surface area contributed by atoms with E-state index in [4.69, 9.17) is 5.73 Å². The van der Waals surface area contributed by atoms with Crippen LogP contribution >= 0.6 is 0 Å². The molecule has 0 spiro atoms. The number of anilines is 1. The summed E-state index contributed by atoms with van der Waals surface area (Å²) >= 11 is 0. The molecule has 0 saturated carbocycles. The van der Waals surface area contributed by atoms with E-state index in [1.807, 2.05) is 0 Å². The quantitative estimate of drug-likeness (QED) is 0.538. The molecular formula is C5H5N5. The molecule has 0 fully saturated rings. The van der Waals surface area contributed by atoms with Crippen LogP contribution in [0.25, 0.3) is 5.52 Å². The van der Waals surface area contributed by atoms with E-state index in [0.29, 0.717) is 5.82 Å². The summed E-state index contributed by atoms with van der Waals surface area (Å²) in [6.07, 6.45) is 3.15. The Morgan fingerprint density at radius 1 is 1.50 bits per heavy atom. The fraction of sp³-hybridized carbons (Fsp3) is 0. The number of hydrogen-bond donors (Lipinski definition) is 1. The average Bonchev–Trinajstić information content (AvgIpc) is 2.33. The van der Waals surface area contributed by atoms with Crippen LogP contribution in [-0.4, -0.2) is 19.8 Å². The smallest absolute Gasteiger partial charge is 0.127 e. The van der Waals surface area contributed by atoms with Crippen molar-refractivity contribution < 1.29 is 0 Å². The number of nitrogens with two attached hydrogens (primary N) is 1. The maximum absolute atomic E-state index is 5.40. The highest BCUT2D eigenvalue weighted by Crippen LogP contribution is 2.01. The minimum Gasteiger partial charge on any atom is -0.384 e. The molecule has 2 aromatic rings. The summed E-state index contributed by atoms with van der Waals surface area (Å²) in [6, 6.07) is 1.71. The molecule has 0 radical (unpaired) electrons. The molecule has 5 heteroatoms. The maximum atomic E-state index is 5.40. The second-order valence-electron chi connectivity index (χ2n) is 1.92. The topological polar surface area (TPSA) is 69.1 Å². The molecule has 0 saturated heterocycles. The first-order valence-corrected chi connectivity index (χ1v) is 2.78. The van der Waals surface area contributed by atoms with Gasteiger partial charge in [0.15, 0.2) is 0 Å². The lowest BCUT2D eigenvalue weighted by Crippen LogP contribution is -1.93. The zero-order valence-electron chi connectivity index (χ0n) is 5.10. The number of fused-ring (bicyclic) bond motifs is 1. The van der Waals surface area contributed by atoms with Gasteiger partial charge in [-0.05, 0) is 0 Å². The molecule has 0 unspecified atom stereocenters. The van der Waals surface area contributed by atoms with Crippen molar-refractivity contribution in [3.05, 3.63) is 18.6 Å². The number of nitrogens with zero attached hydrogens (tertiary/aromatic N) is 4. The van der Waals surface area contributed by atoms with Crippen LogP contribution in [0.1, 0.15) is 0 Å². The fourth-order valence-electron chi connectivity index (χ4n) is 0.755. The SMILES string of the molecule is Nc1cc2cnnn2cn1. The summed E-state index contributed by atoms with van der Waals surface area (Å²) in [5.41, 5.74) is 6.26. The number of rotatable bonds is 0. The molecule has 2 rings (SSSR count). The molecule has 0 aliphatic carbocycles. The molecule has 0 aromatic carbocycles. The lowest BCUT2D eigenvalue weighted by atomic mass is 10.5. The Morgan fingerprint density at radius 2 is 2.40 bits per heavy atom. The standard InChI is InChI=1S/C5H5N5/c6-5-1-4-2-8-9-10(4)3-7-5/h1-3H,6H2. The summed E-state index contributed by atoms with van der Waals surface area (Å²) in [6.45, 7) is 0. The third-order valence-corrected chi connectivity index (χ3v) is 1.21. The zero-order valence-corrected chi connectivity index (χ0v) is 5.10. The highest BCUT2D eigenvalue weighted by molar-refractivity contribution is 5.49. The van der Waals surface area contributed by atoms with E-state index >= 15 is 0 Å². The molecule has 2 N–H and O–H groups in total. The third kappa shape index (κ3) is 0.604. The first-order valence-electron chi connectivity index (χ1n) is 2.78. The Labute approximate surface area is 56.5 Å². The summed E-state index contributed by atoms with van der Waals surface area (Å²) in [4.78, 5) is 3.82. The van der Waals surface area contributed by atoms with Crippen molar-refractivity contribution in [2.75, 3.05) is 5.73 Å². The summed E-state index contributed by atoms with van der Waals surface area (Å²) in [5, 5.41) is 7.37. The maximum Gasteiger partial charge on any atom is 0.127 e. The summed E-state index contributed by atoms with van der Waals surface area (Å²) in [7, 11) is 0. The van der Waals surface area contributed by atoms with Gasteiger partial charge in [0.1, 0.15) is 12.1 Å². The van der Waals surface area contributed by atoms with Crippen molar-refractivity contribution in [2.45, 2.75) is 0 Å². The number of nitrogen functional groups attached to an aromatic ring is 1. The van der Waals surface area contributed by atoms with Crippen molar-refractivity contribution in [3.63, 3.8) is 0 Å². The minimum absolute atomic E-state index is 0.481. The molecule has 10 heavy (non-hydrogen) atoms. The molecule has 0 bridgehead atoms. The Balaban J connectivity index is 2.86. The molecule has 5 nitrogen and oxygen atoms in total. The van der Waals surface area contributed by atoms with Crippen LogP contribution in [0.2, 0.25) is 0 Å². The van der Waals surface area contributed by atoms with Gasteiger partial charge in [-0.1, -0.05) is 5.21 Å². The van der Waals surface area contributed by atoms with Crippen molar-refractivity contribution in [1.29, 1.82) is 0 Å². The normalized spacial score (nSPS) is 10.4. The molecule has 2 heterocycles. The van der Waals surface area contributed by atoms with Gasteiger partial charge in [0.2, 0.25) is 0 Å². The van der Waals surface area contributed by atoms with E-state index in [2.05, 4.69) is 15.3 Å². The van der Waals surface area contributed by atoms with Gasteiger partial charge in [-0.25, -0.2) is 9.50 Å². The molecule has 2 aromatic heterocycles. The lowest BCUT2D eigenvalue weighted by Gasteiger charge is -1.90. The Bertz CT molecular complexity index is 352. The Hall–Kier alpha value is -1.65. The predicted molar refractivity (Wildman–Crippen MR) is 35.2 cm³/mol. The van der Waals surface area contributed by atoms with E-state index in [9.17, 15) is 0 Å². The van der Waals surface area contributed by atoms with Gasteiger partial charge in [-0.2, -0.15) is 0 Å². The van der Waals surface area contributed by atoms with Gasteiger partial charge in [0, 0.05) is 6.07 Å². The molecule has 50 valence electrons. The largest absolute Gasteiger partial charge is 0.384 e. The molecule has 0 aliphatic heterocycles. The average molecular weight is 135 g/mol. The second kappa shape index (κ2) is 1.66. The van der Waals surface area contributed by atoms with E-state index in [1.54, 1.807) is 16.8 Å². The summed E-state index contributed by atoms with van der Waals surface area (Å²) < 4.78 is 1.55. The number of aromatic nitrogens is 4. The monoisotopic (exact) mass is 135 g/mol. The first kappa shape index (κ1) is 5.16. The van der Waals surface area contributed by atoms with Crippen LogP contribution in [0.4, 0.5) is 5.82 Å². The van der Waals surface area contributed by atoms with Crippen molar-refractivity contribution >= 4 is 11.3 Å². The van der Waals surface area contributed by atoms with E-state index in [1.165, 1.54) is 6.33 Å². The Morgan fingerprint density at radius 3 is 3.30 bits per heavy atom. The molecule has 0 amide bonds. The van der Waals surface area contributed by atoms with E-state index in [-0.39, 0.29) is 0 Å². The van der Waals surface area contributed by atoms with E-state index in [0.717, 1.165) is 5.52 Å². The fourth-order valence-corrected chi connectivity index (χ4v) is 0.755. The van der Waals surface area contributed by atoms with E-state index < -0.39 is 0 Å². The predicted octanol–water partition coefficient (Wildman–Crippen LogP) is -0.294. The van der Waals surface area contributed by atoms with Crippen LogP contribution < -0.4 is 5.73 Å². The van der Waals surface area contributed by atoms with Crippen molar-refractivity contribution in [3.8, 4) is 0 Å². The number of hydrogen-bond acceptors (Lipinski definition) is 4. The van der Waals surface area contributed by atoms with Crippen LogP contribution in [0.3, 0.4) is 0 Å². The van der Waals surface area contributed by atoms with Gasteiger partial charge in [0.25, 0.3) is 0 Å². The molecule has 0 aliphatic rings. The lowest BCUT2D eigenvalue weighted by molar-refractivity contribution is 0.836. The van der Waals surface area contributed by atoms with Gasteiger partial charge >= 0.3 is 0 Å².